The Bertz CT molecular complexity index is 1430. The first kappa shape index (κ1) is 20.4. The Labute approximate surface area is 202 Å². The molecule has 8 heteroatoms. The predicted molar refractivity (Wildman–Crippen MR) is 135 cm³/mol. The maximum Gasteiger partial charge on any atom is 0.158 e. The van der Waals surface area contributed by atoms with Gasteiger partial charge in [0.05, 0.1) is 11.7 Å². The smallest absolute Gasteiger partial charge is 0.158 e. The molecule has 3 N–H and O–H groups in total. The van der Waals surface area contributed by atoms with Crippen LogP contribution in [0.5, 0.6) is 0 Å². The third-order valence-electron chi connectivity index (χ3n) is 7.28. The Kier molecular flexibility index (Phi) is 4.55. The lowest BCUT2D eigenvalue weighted by molar-refractivity contribution is 0.325. The van der Waals surface area contributed by atoms with Gasteiger partial charge < -0.3 is 20.5 Å². The molecule has 4 aliphatic rings. The number of imidazole rings is 1. The first-order chi connectivity index (χ1) is 17.2. The summed E-state index contributed by atoms with van der Waals surface area (Å²) in [4.78, 5) is 19.3. The van der Waals surface area contributed by atoms with Crippen molar-refractivity contribution in [3.8, 4) is 11.1 Å². The Morgan fingerprint density at radius 3 is 2.69 bits per heavy atom. The van der Waals surface area contributed by atoms with Crippen LogP contribution in [0.2, 0.25) is 0 Å². The monoisotopic (exact) mass is 467 g/mol. The highest BCUT2D eigenvalue weighted by molar-refractivity contribution is 5.95. The van der Waals surface area contributed by atoms with Crippen molar-refractivity contribution in [1.82, 2.24) is 24.8 Å². The Hall–Kier alpha value is -3.94. The van der Waals surface area contributed by atoms with Crippen molar-refractivity contribution >= 4 is 22.8 Å². The predicted octanol–water partition coefficient (Wildman–Crippen LogP) is 5.16. The standard InChI is InChI=1S/C27H26FN7/c1-15-5-6-23(35-7-3-2-4-8-35)25-27(31-15)34-26(33-25)24-18-9-17(16-12-29-14-30-13-16)20(28)11-22(18)32-21-10-19(21)24/h5-6,9,11-14,21,31-32H,2-4,7-8,10H2,1H3,(H,33,34). The minimum atomic E-state index is -0.289. The molecule has 35 heavy (non-hydrogen) atoms. The van der Waals surface area contributed by atoms with Gasteiger partial charge in [-0.25, -0.2) is 19.3 Å². The first-order valence-electron chi connectivity index (χ1n) is 12.3. The topological polar surface area (TPSA) is 81.8 Å². The fraction of sp³-hybridized carbons (Fsp3) is 0.296. The van der Waals surface area contributed by atoms with Crippen LogP contribution >= 0.6 is 0 Å². The zero-order valence-electron chi connectivity index (χ0n) is 19.5. The number of allylic oxidation sites excluding steroid dienone is 3. The van der Waals surface area contributed by atoms with Gasteiger partial charge in [0.15, 0.2) is 5.82 Å². The molecule has 0 amide bonds. The van der Waals surface area contributed by atoms with Crippen molar-refractivity contribution in [2.45, 2.75) is 38.6 Å². The highest BCUT2D eigenvalue weighted by atomic mass is 19.1. The van der Waals surface area contributed by atoms with Crippen LogP contribution < -0.4 is 10.6 Å². The van der Waals surface area contributed by atoms with Crippen LogP contribution in [0.4, 0.5) is 15.9 Å². The van der Waals surface area contributed by atoms with Gasteiger partial charge in [-0.15, -0.1) is 0 Å². The van der Waals surface area contributed by atoms with Crippen LogP contribution in [0.1, 0.15) is 49.7 Å². The molecule has 2 fully saturated rings. The number of H-pyrrole nitrogens is 1. The highest BCUT2D eigenvalue weighted by Crippen LogP contribution is 2.50. The fourth-order valence-electron chi connectivity index (χ4n) is 5.46. The Morgan fingerprint density at radius 2 is 1.86 bits per heavy atom. The molecule has 176 valence electrons. The molecule has 1 atom stereocenters. The van der Waals surface area contributed by atoms with Crippen molar-refractivity contribution in [1.29, 1.82) is 0 Å². The van der Waals surface area contributed by atoms with Crippen LogP contribution in [0.15, 0.2) is 54.3 Å². The second-order valence-electron chi connectivity index (χ2n) is 9.69. The average Bonchev–Trinajstić information content (AvgIpc) is 3.57. The average molecular weight is 468 g/mol. The minimum Gasteiger partial charge on any atom is -0.378 e. The molecule has 0 spiro atoms. The molecule has 1 aromatic carbocycles. The normalized spacial score (nSPS) is 20.5. The van der Waals surface area contributed by atoms with E-state index in [1.807, 2.05) is 6.07 Å². The molecule has 5 heterocycles. The molecule has 3 aliphatic heterocycles. The summed E-state index contributed by atoms with van der Waals surface area (Å²) in [5.41, 5.74) is 8.51. The van der Waals surface area contributed by atoms with Gasteiger partial charge in [-0.05, 0) is 62.5 Å². The SMILES string of the molecule is CC1=CC=C(N2CCCCC2)c2[nH]c(C3=C4CC4Nc4cc(F)c(-c5cncnc5)cc43)nc2N1. The first-order valence-corrected chi connectivity index (χ1v) is 12.3. The largest absolute Gasteiger partial charge is 0.378 e. The summed E-state index contributed by atoms with van der Waals surface area (Å²) in [5.74, 6) is 1.37. The number of fused-ring (bicyclic) bond motifs is 3. The molecule has 7 nitrogen and oxygen atoms in total. The number of rotatable bonds is 3. The molecule has 2 aromatic heterocycles. The van der Waals surface area contributed by atoms with E-state index in [4.69, 9.17) is 4.98 Å². The van der Waals surface area contributed by atoms with E-state index in [1.165, 1.54) is 36.9 Å². The summed E-state index contributed by atoms with van der Waals surface area (Å²) >= 11 is 0. The molecular formula is C27H26FN7. The molecule has 1 saturated carbocycles. The Balaban J connectivity index is 1.35. The summed E-state index contributed by atoms with van der Waals surface area (Å²) in [6, 6.07) is 3.73. The minimum absolute atomic E-state index is 0.236. The second-order valence-corrected chi connectivity index (χ2v) is 9.69. The van der Waals surface area contributed by atoms with Crippen LogP contribution in [0, 0.1) is 5.82 Å². The lowest BCUT2D eigenvalue weighted by Gasteiger charge is -2.30. The summed E-state index contributed by atoms with van der Waals surface area (Å²) in [6.45, 7) is 4.16. The second kappa shape index (κ2) is 7.80. The van der Waals surface area contributed by atoms with Gasteiger partial charge in [0.25, 0.3) is 0 Å². The lowest BCUT2D eigenvalue weighted by atomic mass is 9.95. The highest BCUT2D eigenvalue weighted by Gasteiger charge is 2.40. The van der Waals surface area contributed by atoms with Gasteiger partial charge in [0.1, 0.15) is 23.7 Å². The van der Waals surface area contributed by atoms with Crippen molar-refractivity contribution in [2.75, 3.05) is 23.7 Å². The third-order valence-corrected chi connectivity index (χ3v) is 7.28. The van der Waals surface area contributed by atoms with Gasteiger partial charge in [-0.3, -0.25) is 0 Å². The van der Waals surface area contributed by atoms with E-state index < -0.39 is 0 Å². The number of benzene rings is 1. The number of anilines is 2. The maximum atomic E-state index is 15.1. The van der Waals surface area contributed by atoms with Crippen molar-refractivity contribution < 1.29 is 4.39 Å². The number of aromatic amines is 1. The summed E-state index contributed by atoms with van der Waals surface area (Å²) in [5, 5.41) is 6.95. The summed E-state index contributed by atoms with van der Waals surface area (Å²) in [7, 11) is 0. The molecule has 1 aliphatic carbocycles. The van der Waals surface area contributed by atoms with E-state index >= 15 is 4.39 Å². The lowest BCUT2D eigenvalue weighted by Crippen LogP contribution is -2.28. The molecule has 3 aromatic rings. The quantitative estimate of drug-likeness (QED) is 0.494. The van der Waals surface area contributed by atoms with Crippen LogP contribution in [0.25, 0.3) is 22.4 Å². The van der Waals surface area contributed by atoms with E-state index in [-0.39, 0.29) is 11.9 Å². The van der Waals surface area contributed by atoms with Gasteiger partial charge >= 0.3 is 0 Å². The number of hydrogen-bond donors (Lipinski definition) is 3. The van der Waals surface area contributed by atoms with E-state index in [1.54, 1.807) is 18.5 Å². The summed E-state index contributed by atoms with van der Waals surface area (Å²) < 4.78 is 15.1. The van der Waals surface area contributed by atoms with E-state index in [2.05, 4.69) is 49.6 Å². The molecular weight excluding hydrogens is 441 g/mol. The number of halogens is 1. The number of aromatic nitrogens is 4. The number of nitrogens with zero attached hydrogens (tertiary/aromatic N) is 4. The van der Waals surface area contributed by atoms with Gasteiger partial charge in [-0.2, -0.15) is 0 Å². The molecule has 0 bridgehead atoms. The molecule has 0 radical (unpaired) electrons. The van der Waals surface area contributed by atoms with Crippen LogP contribution in [0.3, 0.4) is 0 Å². The summed E-state index contributed by atoms with van der Waals surface area (Å²) in [6.07, 6.45) is 13.7. The number of hydrogen-bond acceptors (Lipinski definition) is 6. The van der Waals surface area contributed by atoms with Crippen LogP contribution in [-0.4, -0.2) is 44.0 Å². The van der Waals surface area contributed by atoms with E-state index in [0.29, 0.717) is 11.1 Å². The molecule has 1 unspecified atom stereocenters. The van der Waals surface area contributed by atoms with Gasteiger partial charge in [0, 0.05) is 59.1 Å². The zero-order valence-corrected chi connectivity index (χ0v) is 19.5. The van der Waals surface area contributed by atoms with Gasteiger partial charge in [-0.1, -0.05) is 0 Å². The number of piperidine rings is 1. The van der Waals surface area contributed by atoms with Crippen molar-refractivity contribution in [2.24, 2.45) is 0 Å². The van der Waals surface area contributed by atoms with Gasteiger partial charge in [0.2, 0.25) is 0 Å². The van der Waals surface area contributed by atoms with Crippen molar-refractivity contribution in [3.05, 3.63) is 77.2 Å². The zero-order chi connectivity index (χ0) is 23.5. The van der Waals surface area contributed by atoms with E-state index in [9.17, 15) is 0 Å². The van der Waals surface area contributed by atoms with Crippen molar-refractivity contribution in [3.63, 3.8) is 0 Å². The molecule has 1 saturated heterocycles. The molecule has 7 rings (SSSR count). The third kappa shape index (κ3) is 3.43. The Morgan fingerprint density at radius 1 is 1.03 bits per heavy atom. The number of likely N-dealkylation sites (tertiary alicyclic amines) is 1. The van der Waals surface area contributed by atoms with Crippen LogP contribution in [-0.2, 0) is 0 Å². The fourth-order valence-corrected chi connectivity index (χ4v) is 5.46. The van der Waals surface area contributed by atoms with E-state index in [0.717, 1.165) is 59.4 Å². The maximum absolute atomic E-state index is 15.1. The number of nitrogens with one attached hydrogen (secondary N) is 3.